The SMILES string of the molecule is CC(=O)NCc1cc([C@H]2CCCN2C(=O)Cc2ccccc2F)ccn1. The van der Waals surface area contributed by atoms with Crippen LogP contribution in [0, 0.1) is 5.82 Å². The summed E-state index contributed by atoms with van der Waals surface area (Å²) in [6.07, 6.45) is 3.54. The van der Waals surface area contributed by atoms with Gasteiger partial charge in [0.05, 0.1) is 24.7 Å². The van der Waals surface area contributed by atoms with Crippen LogP contribution in [-0.4, -0.2) is 28.2 Å². The van der Waals surface area contributed by atoms with Gasteiger partial charge in [0, 0.05) is 19.7 Å². The highest BCUT2D eigenvalue weighted by atomic mass is 19.1. The number of benzene rings is 1. The number of nitrogens with one attached hydrogen (secondary N) is 1. The van der Waals surface area contributed by atoms with Gasteiger partial charge in [-0.25, -0.2) is 4.39 Å². The molecule has 1 aliphatic heterocycles. The number of halogens is 1. The maximum atomic E-state index is 13.8. The maximum absolute atomic E-state index is 13.8. The third-order valence-corrected chi connectivity index (χ3v) is 4.62. The molecule has 1 aliphatic rings. The van der Waals surface area contributed by atoms with Crippen LogP contribution in [0.2, 0.25) is 0 Å². The monoisotopic (exact) mass is 355 g/mol. The number of hydrogen-bond donors (Lipinski definition) is 1. The van der Waals surface area contributed by atoms with E-state index in [0.717, 1.165) is 24.1 Å². The maximum Gasteiger partial charge on any atom is 0.227 e. The lowest BCUT2D eigenvalue weighted by atomic mass is 10.0. The minimum Gasteiger partial charge on any atom is -0.351 e. The van der Waals surface area contributed by atoms with Crippen molar-refractivity contribution < 1.29 is 14.0 Å². The molecule has 1 fully saturated rings. The fourth-order valence-corrected chi connectivity index (χ4v) is 3.33. The Morgan fingerprint density at radius 2 is 2.12 bits per heavy atom. The first-order valence-corrected chi connectivity index (χ1v) is 8.76. The molecule has 1 aromatic carbocycles. The number of amides is 2. The molecule has 1 aromatic heterocycles. The lowest BCUT2D eigenvalue weighted by Crippen LogP contribution is -2.32. The number of nitrogens with zero attached hydrogens (tertiary/aromatic N) is 2. The number of hydrogen-bond acceptors (Lipinski definition) is 3. The van der Waals surface area contributed by atoms with Crippen LogP contribution in [0.3, 0.4) is 0 Å². The lowest BCUT2D eigenvalue weighted by Gasteiger charge is -2.25. The Kier molecular flexibility index (Phi) is 5.61. The molecule has 3 rings (SSSR count). The highest BCUT2D eigenvalue weighted by Crippen LogP contribution is 2.32. The van der Waals surface area contributed by atoms with Crippen LogP contribution in [-0.2, 0) is 22.6 Å². The van der Waals surface area contributed by atoms with Gasteiger partial charge < -0.3 is 10.2 Å². The zero-order valence-corrected chi connectivity index (χ0v) is 14.7. The molecule has 0 unspecified atom stereocenters. The van der Waals surface area contributed by atoms with Gasteiger partial charge in [0.2, 0.25) is 11.8 Å². The molecule has 0 bridgehead atoms. The summed E-state index contributed by atoms with van der Waals surface area (Å²) in [5.41, 5.74) is 2.18. The molecule has 0 aliphatic carbocycles. The summed E-state index contributed by atoms with van der Waals surface area (Å²) in [7, 11) is 0. The largest absolute Gasteiger partial charge is 0.351 e. The summed E-state index contributed by atoms with van der Waals surface area (Å²) in [6, 6.07) is 10.2. The summed E-state index contributed by atoms with van der Waals surface area (Å²) in [5, 5.41) is 2.73. The first-order chi connectivity index (χ1) is 12.5. The topological polar surface area (TPSA) is 62.3 Å². The molecule has 2 amide bonds. The normalized spacial score (nSPS) is 16.5. The number of aromatic nitrogens is 1. The zero-order valence-electron chi connectivity index (χ0n) is 14.7. The molecule has 5 nitrogen and oxygen atoms in total. The standard InChI is InChI=1S/C20H22FN3O2/c1-14(25)23-13-17-11-16(8-9-22-17)19-7-4-10-24(19)20(26)12-15-5-2-3-6-18(15)21/h2-3,5-6,8-9,11,19H,4,7,10,12-13H2,1H3,(H,23,25)/t19-/m1/s1. The van der Waals surface area contributed by atoms with Crippen molar-refractivity contribution in [2.45, 2.75) is 38.8 Å². The summed E-state index contributed by atoms with van der Waals surface area (Å²) in [6.45, 7) is 2.49. The summed E-state index contributed by atoms with van der Waals surface area (Å²) in [5.74, 6) is -0.532. The molecule has 1 N–H and O–H groups in total. The molecular formula is C20H22FN3O2. The Hall–Kier alpha value is -2.76. The van der Waals surface area contributed by atoms with E-state index in [4.69, 9.17) is 0 Å². The van der Waals surface area contributed by atoms with Crippen molar-refractivity contribution in [1.82, 2.24) is 15.2 Å². The van der Waals surface area contributed by atoms with Crippen molar-refractivity contribution >= 4 is 11.8 Å². The molecule has 2 heterocycles. The van der Waals surface area contributed by atoms with E-state index in [1.54, 1.807) is 24.4 Å². The molecule has 6 heteroatoms. The molecule has 0 saturated carbocycles. The number of pyridine rings is 1. The van der Waals surface area contributed by atoms with Crippen LogP contribution < -0.4 is 5.32 Å². The molecule has 1 atom stereocenters. The van der Waals surface area contributed by atoms with Crippen LogP contribution in [0.5, 0.6) is 0 Å². The highest BCUT2D eigenvalue weighted by molar-refractivity contribution is 5.79. The Bertz CT molecular complexity index is 809. The second-order valence-electron chi connectivity index (χ2n) is 6.50. The Morgan fingerprint density at radius 1 is 1.31 bits per heavy atom. The van der Waals surface area contributed by atoms with Crippen LogP contribution in [0.1, 0.15) is 42.6 Å². The molecule has 1 saturated heterocycles. The van der Waals surface area contributed by atoms with Gasteiger partial charge in [-0.2, -0.15) is 0 Å². The van der Waals surface area contributed by atoms with Crippen LogP contribution in [0.4, 0.5) is 4.39 Å². The van der Waals surface area contributed by atoms with E-state index in [1.165, 1.54) is 13.0 Å². The van der Waals surface area contributed by atoms with E-state index < -0.39 is 0 Å². The van der Waals surface area contributed by atoms with E-state index in [-0.39, 0.29) is 30.1 Å². The van der Waals surface area contributed by atoms with E-state index in [1.807, 2.05) is 17.0 Å². The number of likely N-dealkylation sites (tertiary alicyclic amines) is 1. The number of rotatable bonds is 5. The molecular weight excluding hydrogens is 333 g/mol. The van der Waals surface area contributed by atoms with Gasteiger partial charge in [-0.3, -0.25) is 14.6 Å². The van der Waals surface area contributed by atoms with Crippen LogP contribution in [0.15, 0.2) is 42.6 Å². The summed E-state index contributed by atoms with van der Waals surface area (Å²) >= 11 is 0. The first kappa shape index (κ1) is 18.0. The van der Waals surface area contributed by atoms with E-state index in [2.05, 4.69) is 10.3 Å². The molecule has 26 heavy (non-hydrogen) atoms. The smallest absolute Gasteiger partial charge is 0.227 e. The molecule has 0 radical (unpaired) electrons. The second-order valence-corrected chi connectivity index (χ2v) is 6.50. The Morgan fingerprint density at radius 3 is 2.88 bits per heavy atom. The van der Waals surface area contributed by atoms with Gasteiger partial charge in [-0.15, -0.1) is 0 Å². The van der Waals surface area contributed by atoms with Gasteiger partial charge in [0.1, 0.15) is 5.82 Å². The Balaban J connectivity index is 1.73. The van der Waals surface area contributed by atoms with Crippen LogP contribution in [0.25, 0.3) is 0 Å². The van der Waals surface area contributed by atoms with Gasteiger partial charge in [-0.1, -0.05) is 18.2 Å². The minimum absolute atomic E-state index is 0.0339. The van der Waals surface area contributed by atoms with Gasteiger partial charge in [0.15, 0.2) is 0 Å². The number of carbonyl (C=O) groups excluding carboxylic acids is 2. The van der Waals surface area contributed by atoms with Crippen molar-refractivity contribution in [3.8, 4) is 0 Å². The zero-order chi connectivity index (χ0) is 18.5. The van der Waals surface area contributed by atoms with Gasteiger partial charge in [-0.05, 0) is 42.2 Å². The fraction of sp³-hybridized carbons (Fsp3) is 0.350. The third-order valence-electron chi connectivity index (χ3n) is 4.62. The van der Waals surface area contributed by atoms with Crippen LogP contribution >= 0.6 is 0 Å². The second kappa shape index (κ2) is 8.08. The fourth-order valence-electron chi connectivity index (χ4n) is 3.33. The van der Waals surface area contributed by atoms with Crippen molar-refractivity contribution in [2.75, 3.05) is 6.54 Å². The quantitative estimate of drug-likeness (QED) is 0.897. The van der Waals surface area contributed by atoms with Crippen molar-refractivity contribution in [2.24, 2.45) is 0 Å². The molecule has 0 spiro atoms. The predicted octanol–water partition coefficient (Wildman–Crippen LogP) is 2.76. The molecule has 2 aromatic rings. The molecule has 136 valence electrons. The average Bonchev–Trinajstić information content (AvgIpc) is 3.12. The third kappa shape index (κ3) is 4.25. The number of carbonyl (C=O) groups is 2. The minimum atomic E-state index is -0.349. The Labute approximate surface area is 152 Å². The first-order valence-electron chi connectivity index (χ1n) is 8.76. The van der Waals surface area contributed by atoms with Crippen molar-refractivity contribution in [3.63, 3.8) is 0 Å². The predicted molar refractivity (Wildman–Crippen MR) is 95.5 cm³/mol. The van der Waals surface area contributed by atoms with Gasteiger partial charge >= 0.3 is 0 Å². The van der Waals surface area contributed by atoms with Gasteiger partial charge in [0.25, 0.3) is 0 Å². The summed E-state index contributed by atoms with van der Waals surface area (Å²) < 4.78 is 13.8. The average molecular weight is 355 g/mol. The lowest BCUT2D eigenvalue weighted by molar-refractivity contribution is -0.131. The van der Waals surface area contributed by atoms with E-state index in [9.17, 15) is 14.0 Å². The van der Waals surface area contributed by atoms with Crippen molar-refractivity contribution in [1.29, 1.82) is 0 Å². The highest BCUT2D eigenvalue weighted by Gasteiger charge is 2.30. The summed E-state index contributed by atoms with van der Waals surface area (Å²) in [4.78, 5) is 29.9. The van der Waals surface area contributed by atoms with Crippen molar-refractivity contribution in [3.05, 3.63) is 65.2 Å². The van der Waals surface area contributed by atoms with E-state index >= 15 is 0 Å². The van der Waals surface area contributed by atoms with E-state index in [0.29, 0.717) is 18.7 Å².